The zero-order valence-corrected chi connectivity index (χ0v) is 11.8. The molecule has 0 amide bonds. The van der Waals surface area contributed by atoms with E-state index in [4.69, 9.17) is 0 Å². The Morgan fingerprint density at radius 3 is 2.53 bits per heavy atom. The third-order valence-electron chi connectivity index (χ3n) is 4.62. The molecule has 4 atom stereocenters. The maximum atomic E-state index is 11.6. The summed E-state index contributed by atoms with van der Waals surface area (Å²) in [7, 11) is -2.78. The molecule has 0 aromatic carbocycles. The van der Waals surface area contributed by atoms with Crippen molar-refractivity contribution in [2.75, 3.05) is 11.5 Å². The Kier molecular flexibility index (Phi) is 4.14. The van der Waals surface area contributed by atoms with Crippen LogP contribution < -0.4 is 5.32 Å². The molecule has 2 aliphatic rings. The van der Waals surface area contributed by atoms with E-state index >= 15 is 0 Å². The summed E-state index contributed by atoms with van der Waals surface area (Å²) in [6, 6.07) is 0.726. The lowest BCUT2D eigenvalue weighted by Gasteiger charge is -2.38. The van der Waals surface area contributed by atoms with Crippen molar-refractivity contribution in [1.29, 1.82) is 0 Å². The number of hydrogen-bond donors (Lipinski definition) is 1. The highest BCUT2D eigenvalue weighted by Gasteiger charge is 2.31. The van der Waals surface area contributed by atoms with Crippen LogP contribution in [0.5, 0.6) is 0 Å². The highest BCUT2D eigenvalue weighted by molar-refractivity contribution is 7.91. The quantitative estimate of drug-likeness (QED) is 0.825. The second-order valence-corrected chi connectivity index (χ2v) is 8.22. The second-order valence-electron chi connectivity index (χ2n) is 5.99. The first kappa shape index (κ1) is 13.3. The topological polar surface area (TPSA) is 46.2 Å². The average molecular weight is 259 g/mol. The Hall–Kier alpha value is -0.0900. The van der Waals surface area contributed by atoms with Crippen LogP contribution >= 0.6 is 0 Å². The molecule has 1 aliphatic heterocycles. The molecule has 2 fully saturated rings. The Balaban J connectivity index is 1.92. The Bertz CT molecular complexity index is 352. The predicted molar refractivity (Wildman–Crippen MR) is 70.8 cm³/mol. The van der Waals surface area contributed by atoms with E-state index in [9.17, 15) is 8.42 Å². The lowest BCUT2D eigenvalue weighted by atomic mass is 9.78. The van der Waals surface area contributed by atoms with Crippen molar-refractivity contribution in [3.63, 3.8) is 0 Å². The van der Waals surface area contributed by atoms with Crippen molar-refractivity contribution < 1.29 is 8.42 Å². The highest BCUT2D eigenvalue weighted by Crippen LogP contribution is 2.30. The average Bonchev–Trinajstić information content (AvgIpc) is 2.23. The van der Waals surface area contributed by atoms with E-state index in [0.717, 1.165) is 18.8 Å². The molecule has 1 aliphatic carbocycles. The Labute approximate surface area is 105 Å². The molecule has 4 unspecified atom stereocenters. The summed E-state index contributed by atoms with van der Waals surface area (Å²) >= 11 is 0. The van der Waals surface area contributed by atoms with Crippen molar-refractivity contribution in [3.8, 4) is 0 Å². The van der Waals surface area contributed by atoms with E-state index in [1.54, 1.807) is 0 Å². The smallest absolute Gasteiger partial charge is 0.151 e. The maximum Gasteiger partial charge on any atom is 0.151 e. The van der Waals surface area contributed by atoms with Gasteiger partial charge in [-0.2, -0.15) is 0 Å². The molecule has 1 N–H and O–H groups in total. The number of rotatable bonds is 2. The standard InChI is InChI=1S/C13H25NO2S/c1-10-5-3-7-13(11(10)2)14-12-6-4-8-17(15,16)9-12/h10-14H,3-9H2,1-2H3. The van der Waals surface area contributed by atoms with Crippen LogP contribution in [-0.2, 0) is 9.84 Å². The minimum atomic E-state index is -2.78. The van der Waals surface area contributed by atoms with E-state index in [1.165, 1.54) is 19.3 Å². The molecule has 0 bridgehead atoms. The van der Waals surface area contributed by atoms with Gasteiger partial charge in [0, 0.05) is 12.1 Å². The van der Waals surface area contributed by atoms with Gasteiger partial charge in [-0.15, -0.1) is 0 Å². The van der Waals surface area contributed by atoms with Crippen molar-refractivity contribution in [2.24, 2.45) is 11.8 Å². The van der Waals surface area contributed by atoms with Crippen molar-refractivity contribution >= 4 is 9.84 Å². The Morgan fingerprint density at radius 2 is 1.82 bits per heavy atom. The van der Waals surface area contributed by atoms with Crippen LogP contribution in [0, 0.1) is 11.8 Å². The third kappa shape index (κ3) is 3.44. The van der Waals surface area contributed by atoms with Gasteiger partial charge in [0.15, 0.2) is 9.84 Å². The van der Waals surface area contributed by atoms with Crippen LogP contribution in [0.25, 0.3) is 0 Å². The first-order chi connectivity index (χ1) is 7.98. The first-order valence-corrected chi connectivity index (χ1v) is 8.76. The van der Waals surface area contributed by atoms with Crippen LogP contribution in [0.3, 0.4) is 0 Å². The van der Waals surface area contributed by atoms with E-state index in [0.29, 0.717) is 23.5 Å². The van der Waals surface area contributed by atoms with Gasteiger partial charge < -0.3 is 5.32 Å². The van der Waals surface area contributed by atoms with Crippen LogP contribution in [0.1, 0.15) is 46.0 Å². The molecule has 100 valence electrons. The van der Waals surface area contributed by atoms with Gasteiger partial charge in [0.25, 0.3) is 0 Å². The number of hydrogen-bond acceptors (Lipinski definition) is 3. The molecule has 4 heteroatoms. The zero-order valence-electron chi connectivity index (χ0n) is 11.0. The molecule has 1 saturated carbocycles. The fourth-order valence-corrected chi connectivity index (χ4v) is 4.92. The normalized spacial score (nSPS) is 42.2. The van der Waals surface area contributed by atoms with Gasteiger partial charge in [0.1, 0.15) is 0 Å². The lowest BCUT2D eigenvalue weighted by molar-refractivity contribution is 0.193. The maximum absolute atomic E-state index is 11.6. The summed E-state index contributed by atoms with van der Waals surface area (Å²) in [5.41, 5.74) is 0. The van der Waals surface area contributed by atoms with Gasteiger partial charge >= 0.3 is 0 Å². The lowest BCUT2D eigenvalue weighted by Crippen LogP contribution is -2.49. The molecule has 0 aromatic heterocycles. The summed E-state index contributed by atoms with van der Waals surface area (Å²) < 4.78 is 23.2. The molecule has 1 heterocycles. The molecule has 0 spiro atoms. The van der Waals surface area contributed by atoms with E-state index in [1.807, 2.05) is 0 Å². The summed E-state index contributed by atoms with van der Waals surface area (Å²) in [5.74, 6) is 2.18. The fraction of sp³-hybridized carbons (Fsp3) is 1.00. The third-order valence-corrected chi connectivity index (χ3v) is 6.44. The minimum absolute atomic E-state index is 0.200. The van der Waals surface area contributed by atoms with Crippen LogP contribution in [-0.4, -0.2) is 32.0 Å². The van der Waals surface area contributed by atoms with E-state index in [-0.39, 0.29) is 6.04 Å². The van der Waals surface area contributed by atoms with Gasteiger partial charge in [-0.3, -0.25) is 0 Å². The van der Waals surface area contributed by atoms with Gasteiger partial charge in [0.05, 0.1) is 11.5 Å². The number of nitrogens with one attached hydrogen (secondary N) is 1. The summed E-state index contributed by atoms with van der Waals surface area (Å²) in [6.07, 6.45) is 5.67. The molecule has 1 saturated heterocycles. The van der Waals surface area contributed by atoms with Crippen molar-refractivity contribution in [2.45, 2.75) is 58.0 Å². The van der Waals surface area contributed by atoms with Crippen molar-refractivity contribution in [1.82, 2.24) is 5.32 Å². The van der Waals surface area contributed by atoms with Crippen LogP contribution in [0.15, 0.2) is 0 Å². The highest BCUT2D eigenvalue weighted by atomic mass is 32.2. The molecule has 17 heavy (non-hydrogen) atoms. The molecule has 2 rings (SSSR count). The summed E-state index contributed by atoms with van der Waals surface area (Å²) in [4.78, 5) is 0. The number of sulfone groups is 1. The van der Waals surface area contributed by atoms with Gasteiger partial charge in [-0.1, -0.05) is 26.7 Å². The van der Waals surface area contributed by atoms with Crippen molar-refractivity contribution in [3.05, 3.63) is 0 Å². The largest absolute Gasteiger partial charge is 0.310 e. The summed E-state index contributed by atoms with van der Waals surface area (Å²) in [5, 5.41) is 3.61. The molecular formula is C13H25NO2S. The van der Waals surface area contributed by atoms with Gasteiger partial charge in [-0.05, 0) is 31.1 Å². The monoisotopic (exact) mass is 259 g/mol. The molecule has 0 radical (unpaired) electrons. The first-order valence-electron chi connectivity index (χ1n) is 6.94. The zero-order chi connectivity index (χ0) is 12.5. The van der Waals surface area contributed by atoms with Gasteiger partial charge in [-0.25, -0.2) is 8.42 Å². The molecular weight excluding hydrogens is 234 g/mol. The minimum Gasteiger partial charge on any atom is -0.310 e. The van der Waals surface area contributed by atoms with Crippen LogP contribution in [0.4, 0.5) is 0 Å². The van der Waals surface area contributed by atoms with Crippen LogP contribution in [0.2, 0.25) is 0 Å². The van der Waals surface area contributed by atoms with E-state index < -0.39 is 9.84 Å². The second kappa shape index (κ2) is 5.27. The van der Waals surface area contributed by atoms with E-state index in [2.05, 4.69) is 19.2 Å². The Morgan fingerprint density at radius 1 is 1.06 bits per heavy atom. The predicted octanol–water partition coefficient (Wildman–Crippen LogP) is 1.98. The summed E-state index contributed by atoms with van der Waals surface area (Å²) in [6.45, 7) is 4.62. The SMILES string of the molecule is CC1CCCC(NC2CCCS(=O)(=O)C2)C1C. The van der Waals surface area contributed by atoms with Gasteiger partial charge in [0.2, 0.25) is 0 Å². The molecule has 3 nitrogen and oxygen atoms in total. The fourth-order valence-electron chi connectivity index (χ4n) is 3.27. The molecule has 0 aromatic rings.